The van der Waals surface area contributed by atoms with E-state index in [1.165, 1.54) is 17.8 Å². The Balaban J connectivity index is 1.58. The molecule has 1 amide bonds. The zero-order chi connectivity index (χ0) is 24.8. The molecule has 1 heterocycles. The van der Waals surface area contributed by atoms with Crippen molar-refractivity contribution in [1.29, 1.82) is 0 Å². The summed E-state index contributed by atoms with van der Waals surface area (Å²) in [6.07, 6.45) is 1.08. The van der Waals surface area contributed by atoms with Crippen LogP contribution in [0.2, 0.25) is 5.02 Å². The summed E-state index contributed by atoms with van der Waals surface area (Å²) in [4.78, 5) is 22.6. The van der Waals surface area contributed by atoms with Gasteiger partial charge in [-0.1, -0.05) is 39.3 Å². The lowest BCUT2D eigenvalue weighted by Gasteiger charge is -2.10. The summed E-state index contributed by atoms with van der Waals surface area (Å²) >= 11 is 10.4. The van der Waals surface area contributed by atoms with Gasteiger partial charge < -0.3 is 15.0 Å². The quantitative estimate of drug-likeness (QED) is 0.151. The van der Waals surface area contributed by atoms with Crippen LogP contribution in [0.1, 0.15) is 18.3 Å². The number of amides is 1. The number of rotatable bonds is 9. The topological polar surface area (TPSA) is 148 Å². The van der Waals surface area contributed by atoms with E-state index in [1.54, 1.807) is 18.5 Å². The molecule has 0 aliphatic heterocycles. The lowest BCUT2D eigenvalue weighted by atomic mass is 10.2. The molecular formula is C20H19BrClN7O4S. The zero-order valence-corrected chi connectivity index (χ0v) is 21.1. The number of carbonyl (C=O) groups excluding carboxylic acids is 1. The number of anilines is 1. The van der Waals surface area contributed by atoms with Crippen molar-refractivity contribution >= 4 is 62.8 Å². The Morgan fingerprint density at radius 2 is 2.09 bits per heavy atom. The van der Waals surface area contributed by atoms with Crippen molar-refractivity contribution in [2.24, 2.45) is 12.1 Å². The van der Waals surface area contributed by atoms with E-state index in [2.05, 4.69) is 42.0 Å². The third kappa shape index (κ3) is 6.46. The smallest absolute Gasteiger partial charge is 0.312 e. The number of hydrogen-bond acceptors (Lipinski definition) is 9. The van der Waals surface area contributed by atoms with Crippen molar-refractivity contribution in [2.45, 2.75) is 23.9 Å². The molecule has 11 nitrogen and oxygen atoms in total. The highest BCUT2D eigenvalue weighted by Gasteiger charge is 2.20. The van der Waals surface area contributed by atoms with Crippen LogP contribution in [0.25, 0.3) is 0 Å². The summed E-state index contributed by atoms with van der Waals surface area (Å²) < 4.78 is 2.77. The Kier molecular flexibility index (Phi) is 8.47. The Hall–Kier alpha value is -3.16. The van der Waals surface area contributed by atoms with Gasteiger partial charge in [0.15, 0.2) is 11.0 Å². The van der Waals surface area contributed by atoms with Crippen LogP contribution >= 0.6 is 39.3 Å². The zero-order valence-electron chi connectivity index (χ0n) is 17.9. The number of nitrogens with zero attached hydrogens (tertiary/aromatic N) is 5. The first-order valence-electron chi connectivity index (χ1n) is 9.70. The summed E-state index contributed by atoms with van der Waals surface area (Å²) in [7, 11) is 1.80. The monoisotopic (exact) mass is 567 g/mol. The molecule has 1 aromatic heterocycles. The van der Waals surface area contributed by atoms with Gasteiger partial charge in [-0.3, -0.25) is 14.9 Å². The van der Waals surface area contributed by atoms with E-state index in [0.717, 1.165) is 22.4 Å². The minimum atomic E-state index is -0.764. The molecule has 0 bridgehead atoms. The van der Waals surface area contributed by atoms with Crippen molar-refractivity contribution in [1.82, 2.24) is 20.2 Å². The summed E-state index contributed by atoms with van der Waals surface area (Å²) in [5, 5.41) is 36.3. The fourth-order valence-corrected chi connectivity index (χ4v) is 3.97. The van der Waals surface area contributed by atoms with Gasteiger partial charge in [-0.25, -0.2) is 5.43 Å². The fourth-order valence-electron chi connectivity index (χ4n) is 2.66. The molecule has 34 heavy (non-hydrogen) atoms. The van der Waals surface area contributed by atoms with E-state index in [4.69, 9.17) is 11.6 Å². The number of nitrogens with one attached hydrogen (secondary N) is 2. The summed E-state index contributed by atoms with van der Waals surface area (Å²) in [6.45, 7) is 2.12. The van der Waals surface area contributed by atoms with E-state index in [-0.39, 0.29) is 10.6 Å². The number of halogens is 2. The van der Waals surface area contributed by atoms with E-state index in [1.807, 2.05) is 24.3 Å². The van der Waals surface area contributed by atoms with Crippen LogP contribution in [0.3, 0.4) is 0 Å². The lowest BCUT2D eigenvalue weighted by Crippen LogP contribution is -2.27. The number of hydrazone groups is 1. The molecule has 0 spiro atoms. The predicted octanol–water partition coefficient (Wildman–Crippen LogP) is 4.09. The second kappa shape index (κ2) is 11.3. The molecule has 3 aromatic rings. The molecular weight excluding hydrogens is 550 g/mol. The van der Waals surface area contributed by atoms with Crippen LogP contribution < -0.4 is 10.7 Å². The van der Waals surface area contributed by atoms with Gasteiger partial charge in [0.1, 0.15) is 0 Å². The highest BCUT2D eigenvalue weighted by atomic mass is 79.9. The normalized spacial score (nSPS) is 12.0. The standard InChI is InChI=1S/C20H19BrClN7O4S/c1-11(19(31)26-24-9-12-7-14(22)8-16(18(12)30)29(32)33)34-20-27-25-17(28(20)2)10-23-15-5-3-13(21)4-6-15/h3-9,11,23,30H,10H2,1-2H3,(H,26,31)/b24-9+/t11-/m0/s1. The van der Waals surface area contributed by atoms with Gasteiger partial charge in [-0.15, -0.1) is 10.2 Å². The number of benzene rings is 2. The first-order chi connectivity index (χ1) is 16.2. The summed E-state index contributed by atoms with van der Waals surface area (Å²) in [5.74, 6) is -0.345. The Labute approximate surface area is 211 Å². The van der Waals surface area contributed by atoms with Crippen molar-refractivity contribution in [3.8, 4) is 5.75 Å². The van der Waals surface area contributed by atoms with Crippen LogP contribution in [0, 0.1) is 10.1 Å². The maximum Gasteiger partial charge on any atom is 0.312 e. The van der Waals surface area contributed by atoms with Crippen LogP contribution in [-0.4, -0.2) is 42.2 Å². The van der Waals surface area contributed by atoms with Crippen LogP contribution in [0.15, 0.2) is 51.1 Å². The minimum Gasteiger partial charge on any atom is -0.502 e. The van der Waals surface area contributed by atoms with Gasteiger partial charge in [-0.05, 0) is 37.3 Å². The van der Waals surface area contributed by atoms with Crippen LogP contribution in [0.5, 0.6) is 5.75 Å². The molecule has 0 aliphatic carbocycles. The van der Waals surface area contributed by atoms with Crippen LogP contribution in [0.4, 0.5) is 11.4 Å². The van der Waals surface area contributed by atoms with Gasteiger partial charge in [0, 0.05) is 33.9 Å². The third-order valence-electron chi connectivity index (χ3n) is 4.53. The molecule has 1 atom stereocenters. The van der Waals surface area contributed by atoms with Crippen molar-refractivity contribution in [3.05, 3.63) is 67.4 Å². The fraction of sp³-hybridized carbons (Fsp3) is 0.200. The third-order valence-corrected chi connectivity index (χ3v) is 6.41. The second-order valence-corrected chi connectivity index (χ2v) is 9.59. The van der Waals surface area contributed by atoms with Crippen molar-refractivity contribution in [2.75, 3.05) is 5.32 Å². The molecule has 2 aromatic carbocycles. The van der Waals surface area contributed by atoms with E-state index >= 15 is 0 Å². The Morgan fingerprint density at radius 3 is 2.76 bits per heavy atom. The van der Waals surface area contributed by atoms with Gasteiger partial charge in [0.05, 0.1) is 22.9 Å². The lowest BCUT2D eigenvalue weighted by molar-refractivity contribution is -0.385. The first kappa shape index (κ1) is 25.5. The van der Waals surface area contributed by atoms with E-state index in [0.29, 0.717) is 17.5 Å². The summed E-state index contributed by atoms with van der Waals surface area (Å²) in [5.41, 5.74) is 2.71. The molecule has 0 radical (unpaired) electrons. The molecule has 0 unspecified atom stereocenters. The number of nitro groups is 1. The predicted molar refractivity (Wildman–Crippen MR) is 133 cm³/mol. The molecule has 0 aliphatic rings. The number of aromatic nitrogens is 3. The molecule has 0 saturated heterocycles. The Bertz CT molecular complexity index is 1240. The average molecular weight is 569 g/mol. The Morgan fingerprint density at radius 1 is 1.38 bits per heavy atom. The number of aromatic hydroxyl groups is 1. The number of carbonyl (C=O) groups is 1. The largest absolute Gasteiger partial charge is 0.502 e. The SMILES string of the molecule is C[C@H](Sc1nnc(CNc2ccc(Br)cc2)n1C)C(=O)N/N=C/c1cc(Cl)cc([N+](=O)[O-])c1O. The van der Waals surface area contributed by atoms with Gasteiger partial charge in [0.25, 0.3) is 5.91 Å². The molecule has 178 valence electrons. The van der Waals surface area contributed by atoms with Crippen molar-refractivity contribution in [3.63, 3.8) is 0 Å². The highest BCUT2D eigenvalue weighted by Crippen LogP contribution is 2.32. The van der Waals surface area contributed by atoms with Crippen molar-refractivity contribution < 1.29 is 14.8 Å². The number of thioether (sulfide) groups is 1. The molecule has 14 heteroatoms. The maximum atomic E-state index is 12.4. The average Bonchev–Trinajstić information content (AvgIpc) is 3.14. The molecule has 0 fully saturated rings. The molecule has 3 N–H and O–H groups in total. The van der Waals surface area contributed by atoms with E-state index < -0.39 is 27.5 Å². The molecule has 3 rings (SSSR count). The van der Waals surface area contributed by atoms with Crippen LogP contribution in [-0.2, 0) is 18.4 Å². The number of phenolic OH excluding ortho intramolecular Hbond substituents is 1. The van der Waals surface area contributed by atoms with E-state index in [9.17, 15) is 20.0 Å². The number of nitro benzene ring substituents is 1. The first-order valence-corrected chi connectivity index (χ1v) is 11.7. The maximum absolute atomic E-state index is 12.4. The highest BCUT2D eigenvalue weighted by molar-refractivity contribution is 9.10. The van der Waals surface area contributed by atoms with Gasteiger partial charge in [0.2, 0.25) is 5.75 Å². The molecule has 0 saturated carbocycles. The minimum absolute atomic E-state index is 0.00368. The second-order valence-electron chi connectivity index (χ2n) is 6.93. The van der Waals surface area contributed by atoms with Gasteiger partial charge >= 0.3 is 5.69 Å². The number of hydrogen-bond donors (Lipinski definition) is 3. The number of phenols is 1. The van der Waals surface area contributed by atoms with Gasteiger partial charge in [-0.2, -0.15) is 5.10 Å². The summed E-state index contributed by atoms with van der Waals surface area (Å²) in [6, 6.07) is 10.0.